The number of hydrogen-bond acceptors (Lipinski definition) is 2. The summed E-state index contributed by atoms with van der Waals surface area (Å²) in [5.41, 5.74) is 3.69. The molecule has 1 fully saturated rings. The van der Waals surface area contributed by atoms with Crippen LogP contribution in [0.3, 0.4) is 0 Å². The fourth-order valence-corrected chi connectivity index (χ4v) is 4.32. The second-order valence-corrected chi connectivity index (χ2v) is 7.80. The van der Waals surface area contributed by atoms with E-state index in [0.717, 1.165) is 34.9 Å². The second kappa shape index (κ2) is 6.32. The number of para-hydroxylation sites is 2. The van der Waals surface area contributed by atoms with Crippen LogP contribution in [0.4, 0.5) is 5.69 Å². The maximum atomic E-state index is 13.6. The third-order valence-electron chi connectivity index (χ3n) is 5.85. The van der Waals surface area contributed by atoms with Crippen molar-refractivity contribution < 1.29 is 4.79 Å². The maximum absolute atomic E-state index is 13.6. The number of fused-ring (bicyclic) bond motifs is 4. The molecule has 0 bridgehead atoms. The van der Waals surface area contributed by atoms with Crippen LogP contribution in [0.15, 0.2) is 83.7 Å². The highest BCUT2D eigenvalue weighted by molar-refractivity contribution is 6.15. The van der Waals surface area contributed by atoms with E-state index in [1.54, 1.807) is 4.40 Å². The number of amides is 1. The van der Waals surface area contributed by atoms with Crippen LogP contribution in [0.1, 0.15) is 23.2 Å². The summed E-state index contributed by atoms with van der Waals surface area (Å²) >= 11 is 0. The summed E-state index contributed by atoms with van der Waals surface area (Å²) in [6.07, 6.45) is 1.91. The molecule has 3 aromatic carbocycles. The summed E-state index contributed by atoms with van der Waals surface area (Å²) in [5.74, 6) is -0.0394. The number of aromatic amines is 1. The molecule has 5 heteroatoms. The molecule has 5 nitrogen and oxygen atoms in total. The molecule has 2 aromatic heterocycles. The number of rotatable bonds is 3. The number of H-pyrrole nitrogens is 1. The van der Waals surface area contributed by atoms with Gasteiger partial charge in [0.05, 0.1) is 16.7 Å². The van der Waals surface area contributed by atoms with Crippen molar-refractivity contribution in [3.05, 3.63) is 94.8 Å². The lowest BCUT2D eigenvalue weighted by Crippen LogP contribution is -2.34. The van der Waals surface area contributed by atoms with Crippen molar-refractivity contribution in [3.8, 4) is 0 Å². The van der Waals surface area contributed by atoms with E-state index < -0.39 is 0 Å². The highest BCUT2D eigenvalue weighted by Gasteiger charge is 2.37. The second-order valence-electron chi connectivity index (χ2n) is 7.80. The van der Waals surface area contributed by atoms with Crippen LogP contribution >= 0.6 is 0 Å². The highest BCUT2D eigenvalue weighted by Crippen LogP contribution is 2.39. The average Bonchev–Trinajstić information content (AvgIpc) is 3.55. The molecule has 0 atom stereocenters. The van der Waals surface area contributed by atoms with Crippen LogP contribution in [0.25, 0.3) is 27.5 Å². The molecule has 1 N–H and O–H groups in total. The van der Waals surface area contributed by atoms with Gasteiger partial charge >= 0.3 is 0 Å². The smallest absolute Gasteiger partial charge is 0.264 e. The average molecular weight is 393 g/mol. The molecule has 1 amide bonds. The van der Waals surface area contributed by atoms with Crippen molar-refractivity contribution in [2.45, 2.75) is 18.9 Å². The Balaban J connectivity index is 1.75. The minimum atomic E-state index is -0.0790. The van der Waals surface area contributed by atoms with E-state index in [9.17, 15) is 9.59 Å². The van der Waals surface area contributed by atoms with Gasteiger partial charge in [0, 0.05) is 22.4 Å². The number of pyridine rings is 1. The van der Waals surface area contributed by atoms with Gasteiger partial charge < -0.3 is 9.88 Å². The quantitative estimate of drug-likeness (QED) is 0.481. The molecular formula is C25H19N3O2. The molecule has 0 aliphatic heterocycles. The monoisotopic (exact) mass is 393 g/mol. The van der Waals surface area contributed by atoms with Gasteiger partial charge in [0.15, 0.2) is 0 Å². The van der Waals surface area contributed by atoms with Crippen LogP contribution in [-0.2, 0) is 0 Å². The predicted octanol–water partition coefficient (Wildman–Crippen LogP) is 4.74. The van der Waals surface area contributed by atoms with Crippen LogP contribution < -0.4 is 10.5 Å². The SMILES string of the molecule is O=C(c1ccccc1)N(c1c2ccccc2c(=O)n2c1[nH]c1ccccc12)C1CC1. The number of nitrogens with one attached hydrogen (secondary N) is 1. The normalized spacial score (nSPS) is 13.9. The van der Waals surface area contributed by atoms with Gasteiger partial charge in [-0.1, -0.05) is 48.5 Å². The van der Waals surface area contributed by atoms with Crippen molar-refractivity contribution >= 4 is 39.0 Å². The Bertz CT molecular complexity index is 1490. The van der Waals surface area contributed by atoms with Gasteiger partial charge in [0.25, 0.3) is 11.5 Å². The van der Waals surface area contributed by atoms with E-state index in [2.05, 4.69) is 4.98 Å². The lowest BCUT2D eigenvalue weighted by Gasteiger charge is -2.25. The van der Waals surface area contributed by atoms with Crippen LogP contribution in [0.5, 0.6) is 0 Å². The molecule has 5 aromatic rings. The fourth-order valence-electron chi connectivity index (χ4n) is 4.32. The molecule has 0 spiro atoms. The number of anilines is 1. The molecule has 0 saturated heterocycles. The summed E-state index contributed by atoms with van der Waals surface area (Å²) in [6.45, 7) is 0. The lowest BCUT2D eigenvalue weighted by molar-refractivity contribution is 0.0985. The standard InChI is InChI=1S/C25H19N3O2/c29-24(16-8-2-1-3-9-16)27(17-14-15-17)22-18-10-4-5-11-19(18)25(30)28-21-13-7-6-12-20(21)26-23(22)28/h1-13,17,26H,14-15H2. The van der Waals surface area contributed by atoms with Crippen molar-refractivity contribution in [1.29, 1.82) is 0 Å². The Morgan fingerprint density at radius 1 is 0.867 bits per heavy atom. The number of imidazole rings is 1. The van der Waals surface area contributed by atoms with Gasteiger partial charge in [-0.2, -0.15) is 0 Å². The Labute approximate surface area is 172 Å². The van der Waals surface area contributed by atoms with E-state index in [1.165, 1.54) is 0 Å². The first kappa shape index (κ1) is 17.0. The maximum Gasteiger partial charge on any atom is 0.264 e. The highest BCUT2D eigenvalue weighted by atomic mass is 16.2. The molecule has 1 aliphatic rings. The van der Waals surface area contributed by atoms with Gasteiger partial charge in [0.2, 0.25) is 0 Å². The lowest BCUT2D eigenvalue weighted by atomic mass is 10.1. The van der Waals surface area contributed by atoms with Gasteiger partial charge in [-0.15, -0.1) is 0 Å². The number of carbonyl (C=O) groups is 1. The van der Waals surface area contributed by atoms with Crippen molar-refractivity contribution in [2.75, 3.05) is 4.90 Å². The molecular weight excluding hydrogens is 374 g/mol. The molecule has 0 unspecified atom stereocenters. The first-order valence-corrected chi connectivity index (χ1v) is 10.2. The van der Waals surface area contributed by atoms with E-state index in [1.807, 2.05) is 83.8 Å². The summed E-state index contributed by atoms with van der Waals surface area (Å²) < 4.78 is 1.71. The Morgan fingerprint density at radius 2 is 1.53 bits per heavy atom. The third-order valence-corrected chi connectivity index (χ3v) is 5.85. The summed E-state index contributed by atoms with van der Waals surface area (Å²) in [4.78, 5) is 32.4. The van der Waals surface area contributed by atoms with Crippen molar-refractivity contribution in [2.24, 2.45) is 0 Å². The number of benzene rings is 3. The molecule has 1 saturated carbocycles. The van der Waals surface area contributed by atoms with Gasteiger partial charge in [-0.3, -0.25) is 14.0 Å². The van der Waals surface area contributed by atoms with Gasteiger partial charge in [-0.25, -0.2) is 0 Å². The largest absolute Gasteiger partial charge is 0.338 e. The minimum absolute atomic E-state index is 0.0394. The Kier molecular flexibility index (Phi) is 3.59. The summed E-state index contributed by atoms with van der Waals surface area (Å²) in [7, 11) is 0. The molecule has 1 aliphatic carbocycles. The summed E-state index contributed by atoms with van der Waals surface area (Å²) in [5, 5.41) is 1.41. The first-order valence-electron chi connectivity index (χ1n) is 10.2. The predicted molar refractivity (Wildman–Crippen MR) is 119 cm³/mol. The summed E-state index contributed by atoms with van der Waals surface area (Å²) in [6, 6.07) is 24.8. The number of carbonyl (C=O) groups excluding carboxylic acids is 1. The van der Waals surface area contributed by atoms with E-state index in [0.29, 0.717) is 16.6 Å². The molecule has 30 heavy (non-hydrogen) atoms. The van der Waals surface area contributed by atoms with Gasteiger partial charge in [-0.05, 0) is 43.2 Å². The van der Waals surface area contributed by atoms with Crippen LogP contribution in [-0.4, -0.2) is 21.3 Å². The molecule has 2 heterocycles. The molecule has 146 valence electrons. The van der Waals surface area contributed by atoms with E-state index >= 15 is 0 Å². The topological polar surface area (TPSA) is 57.6 Å². The van der Waals surface area contributed by atoms with Gasteiger partial charge in [0.1, 0.15) is 5.65 Å². The fraction of sp³-hybridized carbons (Fsp3) is 0.120. The zero-order chi connectivity index (χ0) is 20.2. The Hall–Kier alpha value is -3.86. The van der Waals surface area contributed by atoms with E-state index in [-0.39, 0.29) is 17.5 Å². The first-order chi connectivity index (χ1) is 14.7. The van der Waals surface area contributed by atoms with Crippen LogP contribution in [0.2, 0.25) is 0 Å². The zero-order valence-corrected chi connectivity index (χ0v) is 16.2. The molecule has 0 radical (unpaired) electrons. The number of aromatic nitrogens is 2. The van der Waals surface area contributed by atoms with Crippen molar-refractivity contribution in [3.63, 3.8) is 0 Å². The van der Waals surface area contributed by atoms with Crippen molar-refractivity contribution in [1.82, 2.24) is 9.38 Å². The number of nitrogens with zero attached hydrogens (tertiary/aromatic N) is 2. The van der Waals surface area contributed by atoms with E-state index in [4.69, 9.17) is 0 Å². The zero-order valence-electron chi connectivity index (χ0n) is 16.2. The molecule has 6 rings (SSSR count). The third kappa shape index (κ3) is 2.42. The Morgan fingerprint density at radius 3 is 2.30 bits per heavy atom. The number of hydrogen-bond donors (Lipinski definition) is 1. The van der Waals surface area contributed by atoms with Crippen LogP contribution in [0, 0.1) is 0 Å². The minimum Gasteiger partial charge on any atom is -0.338 e.